The second-order valence-corrected chi connectivity index (χ2v) is 8.92. The molecule has 1 aliphatic carbocycles. The zero-order valence-electron chi connectivity index (χ0n) is 18.1. The van der Waals surface area contributed by atoms with Crippen LogP contribution >= 0.6 is 0 Å². The van der Waals surface area contributed by atoms with Gasteiger partial charge in [0.15, 0.2) is 5.96 Å². The molecule has 1 saturated carbocycles. The lowest BCUT2D eigenvalue weighted by molar-refractivity contribution is -0.131. The maximum atomic E-state index is 13.8. The quantitative estimate of drug-likeness (QED) is 0.630. The molecule has 0 spiro atoms. The van der Waals surface area contributed by atoms with Crippen LogP contribution in [0.1, 0.15) is 48.3 Å². The van der Waals surface area contributed by atoms with E-state index in [4.69, 9.17) is 5.41 Å². The lowest BCUT2D eigenvalue weighted by atomic mass is 9.73. The van der Waals surface area contributed by atoms with Gasteiger partial charge in [0.25, 0.3) is 0 Å². The normalized spacial score (nSPS) is 23.2. The fraction of sp³-hybridized carbons (Fsp3) is 0.269. The minimum absolute atomic E-state index is 0.0566. The van der Waals surface area contributed by atoms with Crippen molar-refractivity contribution in [3.63, 3.8) is 0 Å². The van der Waals surface area contributed by atoms with Crippen LogP contribution in [0.15, 0.2) is 67.0 Å². The number of nitrogens with one attached hydrogen (secondary N) is 2. The van der Waals surface area contributed by atoms with Gasteiger partial charge in [-0.05, 0) is 60.1 Å². The van der Waals surface area contributed by atoms with Crippen molar-refractivity contribution in [1.82, 2.24) is 15.2 Å². The first-order chi connectivity index (χ1) is 15.4. The van der Waals surface area contributed by atoms with Crippen molar-refractivity contribution in [1.29, 1.82) is 5.41 Å². The zero-order chi connectivity index (χ0) is 22.5. The number of amides is 1. The fourth-order valence-corrected chi connectivity index (χ4v) is 4.64. The summed E-state index contributed by atoms with van der Waals surface area (Å²) in [6.07, 6.45) is 5.24. The second kappa shape index (κ2) is 7.55. The van der Waals surface area contributed by atoms with Crippen molar-refractivity contribution in [2.75, 3.05) is 7.05 Å². The van der Waals surface area contributed by atoms with Crippen LogP contribution in [0.4, 0.5) is 4.39 Å². The number of aromatic nitrogens is 1. The molecule has 0 unspecified atom stereocenters. The van der Waals surface area contributed by atoms with Gasteiger partial charge < -0.3 is 5.32 Å². The summed E-state index contributed by atoms with van der Waals surface area (Å²) in [6, 6.07) is 17.4. The molecule has 2 aromatic carbocycles. The maximum Gasteiger partial charge on any atom is 0.239 e. The van der Waals surface area contributed by atoms with Crippen molar-refractivity contribution in [3.05, 3.63) is 89.5 Å². The van der Waals surface area contributed by atoms with Gasteiger partial charge >= 0.3 is 0 Å². The highest BCUT2D eigenvalue weighted by Crippen LogP contribution is 2.44. The molecule has 2 N–H and O–H groups in total. The van der Waals surface area contributed by atoms with Crippen LogP contribution in [0, 0.1) is 11.2 Å². The summed E-state index contributed by atoms with van der Waals surface area (Å²) >= 11 is 0. The summed E-state index contributed by atoms with van der Waals surface area (Å²) in [5, 5.41) is 11.6. The Morgan fingerprint density at radius 1 is 1.06 bits per heavy atom. The highest BCUT2D eigenvalue weighted by molar-refractivity contribution is 6.02. The molecule has 1 saturated heterocycles. The molecular weight excluding hydrogens is 403 g/mol. The Morgan fingerprint density at radius 2 is 1.78 bits per heavy atom. The molecule has 0 radical (unpaired) electrons. The van der Waals surface area contributed by atoms with Crippen LogP contribution in [0.5, 0.6) is 0 Å². The van der Waals surface area contributed by atoms with Gasteiger partial charge in [0.05, 0.1) is 17.7 Å². The number of hydrogen-bond acceptors (Lipinski definition) is 3. The van der Waals surface area contributed by atoms with Gasteiger partial charge in [-0.1, -0.05) is 42.5 Å². The van der Waals surface area contributed by atoms with E-state index in [1.807, 2.05) is 43.3 Å². The summed E-state index contributed by atoms with van der Waals surface area (Å²) in [6.45, 7) is 1.95. The third-order valence-corrected chi connectivity index (χ3v) is 6.69. The van der Waals surface area contributed by atoms with Crippen molar-refractivity contribution in [3.8, 4) is 11.1 Å². The van der Waals surface area contributed by atoms with E-state index < -0.39 is 17.3 Å². The van der Waals surface area contributed by atoms with Gasteiger partial charge in [0, 0.05) is 18.8 Å². The average Bonchev–Trinajstić information content (AvgIpc) is 3.64. The summed E-state index contributed by atoms with van der Waals surface area (Å²) in [4.78, 5) is 18.8. The molecule has 1 aliphatic heterocycles. The van der Waals surface area contributed by atoms with E-state index in [0.717, 1.165) is 16.7 Å². The Bertz CT molecular complexity index is 1200. The van der Waals surface area contributed by atoms with Crippen LogP contribution in [-0.4, -0.2) is 28.8 Å². The predicted octanol–water partition coefficient (Wildman–Crippen LogP) is 4.76. The van der Waals surface area contributed by atoms with Crippen molar-refractivity contribution >= 4 is 11.9 Å². The number of guanidine groups is 1. The number of hydrogen-bond donors (Lipinski definition) is 2. The standard InChI is InChI=1S/C26H25FN4O/c1-26(21-5-3-4-19(12-21)20-13-22(27)15-29-14-20)23(24(32)31(2)25(28)30-26)18-10-8-17(9-11-18)16-6-7-16/h3-5,8-16,23H,6-7H2,1-2H3,(H2,28,30)/t23-,26+/m0/s1. The molecule has 1 aromatic heterocycles. The van der Waals surface area contributed by atoms with Crippen LogP contribution in [0.2, 0.25) is 0 Å². The maximum absolute atomic E-state index is 13.8. The summed E-state index contributed by atoms with van der Waals surface area (Å²) in [5.74, 6) is -0.352. The minimum Gasteiger partial charge on any atom is -0.346 e. The molecule has 162 valence electrons. The first-order valence-electron chi connectivity index (χ1n) is 10.8. The number of carbonyl (C=O) groups is 1. The number of carbonyl (C=O) groups excluding carboxylic acids is 1. The lowest BCUT2D eigenvalue weighted by Gasteiger charge is -2.46. The van der Waals surface area contributed by atoms with Gasteiger partial charge in [0.2, 0.25) is 5.91 Å². The summed E-state index contributed by atoms with van der Waals surface area (Å²) in [7, 11) is 1.62. The van der Waals surface area contributed by atoms with Crippen molar-refractivity contribution < 1.29 is 9.18 Å². The van der Waals surface area contributed by atoms with Gasteiger partial charge in [-0.2, -0.15) is 0 Å². The van der Waals surface area contributed by atoms with Gasteiger partial charge in [-0.3, -0.25) is 20.1 Å². The highest BCUT2D eigenvalue weighted by Gasteiger charge is 2.48. The van der Waals surface area contributed by atoms with Gasteiger partial charge in [-0.15, -0.1) is 0 Å². The monoisotopic (exact) mass is 428 g/mol. The van der Waals surface area contributed by atoms with Crippen molar-refractivity contribution in [2.45, 2.75) is 37.1 Å². The average molecular weight is 429 g/mol. The molecule has 6 heteroatoms. The molecule has 2 heterocycles. The van der Waals surface area contributed by atoms with Crippen LogP contribution in [-0.2, 0) is 10.3 Å². The molecule has 1 amide bonds. The van der Waals surface area contributed by atoms with E-state index in [-0.39, 0.29) is 11.9 Å². The van der Waals surface area contributed by atoms with Crippen molar-refractivity contribution in [2.24, 2.45) is 0 Å². The molecule has 2 aliphatic rings. The summed E-state index contributed by atoms with van der Waals surface area (Å²) < 4.78 is 13.8. The molecule has 2 atom stereocenters. The molecule has 32 heavy (non-hydrogen) atoms. The first-order valence-corrected chi connectivity index (χ1v) is 10.8. The third kappa shape index (κ3) is 3.45. The van der Waals surface area contributed by atoms with Gasteiger partial charge in [0.1, 0.15) is 5.82 Å². The van der Waals surface area contributed by atoms with E-state index in [1.165, 1.54) is 35.6 Å². The Labute approximate surface area is 186 Å². The largest absolute Gasteiger partial charge is 0.346 e. The molecule has 0 bridgehead atoms. The van der Waals surface area contributed by atoms with E-state index in [2.05, 4.69) is 22.4 Å². The fourth-order valence-electron chi connectivity index (χ4n) is 4.64. The molecule has 2 fully saturated rings. The molecule has 5 nitrogen and oxygen atoms in total. The number of pyridine rings is 1. The summed E-state index contributed by atoms with van der Waals surface area (Å²) in [5.41, 5.74) is 3.69. The smallest absolute Gasteiger partial charge is 0.239 e. The van der Waals surface area contributed by atoms with Gasteiger partial charge in [-0.25, -0.2) is 4.39 Å². The van der Waals surface area contributed by atoms with E-state index >= 15 is 0 Å². The number of rotatable bonds is 4. The first kappa shape index (κ1) is 20.4. The van der Waals surface area contributed by atoms with Crippen LogP contribution in [0.3, 0.4) is 0 Å². The Balaban J connectivity index is 1.59. The number of halogens is 1. The Morgan fingerprint density at radius 3 is 2.47 bits per heavy atom. The van der Waals surface area contributed by atoms with Crippen LogP contribution in [0.25, 0.3) is 11.1 Å². The zero-order valence-corrected chi connectivity index (χ0v) is 18.1. The highest BCUT2D eigenvalue weighted by atomic mass is 19.1. The Kier molecular flexibility index (Phi) is 4.81. The number of nitrogens with zero attached hydrogens (tertiary/aromatic N) is 2. The number of benzene rings is 2. The van der Waals surface area contributed by atoms with E-state index in [9.17, 15) is 9.18 Å². The Hall–Kier alpha value is -3.54. The van der Waals surface area contributed by atoms with E-state index in [0.29, 0.717) is 11.5 Å². The molecule has 5 rings (SSSR count). The predicted molar refractivity (Wildman–Crippen MR) is 122 cm³/mol. The minimum atomic E-state index is -0.849. The molecule has 3 aromatic rings. The SMILES string of the molecule is CN1C(=N)N[C@](C)(c2cccc(-c3cncc(F)c3)c2)[C@@H](c2ccc(C3CC3)cc2)C1=O. The third-order valence-electron chi connectivity index (χ3n) is 6.69. The number of likely N-dealkylation sites (N-methyl/N-ethyl adjacent to an activating group) is 1. The topological polar surface area (TPSA) is 69.1 Å². The lowest BCUT2D eigenvalue weighted by Crippen LogP contribution is -2.62. The van der Waals surface area contributed by atoms with Crippen LogP contribution < -0.4 is 5.32 Å². The second-order valence-electron chi connectivity index (χ2n) is 8.92. The molecular formula is C26H25FN4O. The van der Waals surface area contributed by atoms with E-state index in [1.54, 1.807) is 13.2 Å².